The lowest BCUT2D eigenvalue weighted by Gasteiger charge is -2.39. The zero-order chi connectivity index (χ0) is 51.1. The van der Waals surface area contributed by atoms with Gasteiger partial charge in [0.1, 0.15) is 72.2 Å². The van der Waals surface area contributed by atoms with Crippen molar-refractivity contribution in [1.29, 1.82) is 0 Å². The number of methoxy groups -OCH3 is 1. The first-order valence-corrected chi connectivity index (χ1v) is 22.6. The van der Waals surface area contributed by atoms with Gasteiger partial charge in [-0.25, -0.2) is 0 Å². The summed E-state index contributed by atoms with van der Waals surface area (Å²) in [6.07, 6.45) is -9.39. The van der Waals surface area contributed by atoms with Crippen LogP contribution >= 0.6 is 0 Å². The number of carboxylic acids is 1. The topological polar surface area (TPSA) is 303 Å². The Hall–Kier alpha value is -6.85. The number of nitrogens with one attached hydrogen (secondary N) is 3. The van der Waals surface area contributed by atoms with Crippen LogP contribution < -0.4 is 30.2 Å². The van der Waals surface area contributed by atoms with Crippen molar-refractivity contribution >= 4 is 41.4 Å². The third-order valence-electron chi connectivity index (χ3n) is 12.8. The predicted molar refractivity (Wildman–Crippen MR) is 245 cm³/mol. The minimum absolute atomic E-state index is 0.0223. The maximum absolute atomic E-state index is 14.9. The maximum atomic E-state index is 14.9. The molecule has 4 aliphatic heterocycles. The Labute approximate surface area is 403 Å². The number of hydrogen-bond donors (Lipinski definition) is 8. The number of rotatable bonds is 9. The van der Waals surface area contributed by atoms with E-state index < -0.39 is 128 Å². The van der Waals surface area contributed by atoms with E-state index in [9.17, 15) is 59.1 Å². The minimum Gasteiger partial charge on any atom is -0.497 e. The lowest BCUT2D eigenvalue weighted by atomic mass is 9.98. The van der Waals surface area contributed by atoms with E-state index in [0.717, 1.165) is 9.80 Å². The zero-order valence-electron chi connectivity index (χ0n) is 39.5. The van der Waals surface area contributed by atoms with Gasteiger partial charge in [-0.05, 0) is 73.4 Å². The van der Waals surface area contributed by atoms with Gasteiger partial charge in [0.05, 0.1) is 13.7 Å². The number of amides is 6. The molecule has 3 aromatic rings. The number of aliphatic carboxylic acids is 1. The summed E-state index contributed by atoms with van der Waals surface area (Å²) >= 11 is 0. The molecule has 0 spiro atoms. The second-order valence-corrected chi connectivity index (χ2v) is 17.7. The van der Waals surface area contributed by atoms with Crippen molar-refractivity contribution < 1.29 is 78.0 Å². The lowest BCUT2D eigenvalue weighted by Crippen LogP contribution is -2.62. The highest BCUT2D eigenvalue weighted by molar-refractivity contribution is 5.98. The van der Waals surface area contributed by atoms with Crippen molar-refractivity contribution in [2.24, 2.45) is 0 Å². The van der Waals surface area contributed by atoms with Gasteiger partial charge in [-0.15, -0.1) is 0 Å². The molecular weight excluding hydrogens is 917 g/mol. The zero-order valence-corrected chi connectivity index (χ0v) is 39.5. The molecule has 22 nitrogen and oxygen atoms in total. The van der Waals surface area contributed by atoms with Crippen LogP contribution in [0.4, 0.5) is 0 Å². The van der Waals surface area contributed by atoms with E-state index in [0.29, 0.717) is 22.4 Å². The molecule has 4 heterocycles. The Morgan fingerprint density at radius 1 is 0.714 bits per heavy atom. The number of fused-ring (bicyclic) bond motifs is 2. The molecule has 8 N–H and O–H groups in total. The van der Waals surface area contributed by atoms with Gasteiger partial charge in [-0.1, -0.05) is 30.3 Å². The molecule has 2 saturated heterocycles. The van der Waals surface area contributed by atoms with E-state index >= 15 is 0 Å². The number of likely N-dealkylation sites (N-methyl/N-ethyl adjacent to an activating group) is 3. The summed E-state index contributed by atoms with van der Waals surface area (Å²) in [5, 5.41) is 58.7. The Balaban J connectivity index is 1.41. The van der Waals surface area contributed by atoms with E-state index in [1.54, 1.807) is 48.5 Å². The molecule has 11 atom stereocenters. The van der Waals surface area contributed by atoms with Gasteiger partial charge in [0.25, 0.3) is 0 Å². The van der Waals surface area contributed by atoms with Gasteiger partial charge in [0.2, 0.25) is 41.7 Å². The SMILES string of the molecule is COc1ccc(CC2C(=O)NC(C)C(=O)N(C)C3Cc4ccc(cc4)Oc4cc(ccc4OC4OC(CO)C(O)C(O)C4O)CC(C(=O)NC(C)C(=O)NC(CCC(=O)O)C(=O)N2C)N(C)C3=O)cc1. The van der Waals surface area contributed by atoms with Gasteiger partial charge in [0.15, 0.2) is 11.5 Å². The molecule has 0 radical (unpaired) electrons. The third-order valence-corrected chi connectivity index (χ3v) is 12.8. The Morgan fingerprint density at radius 3 is 1.99 bits per heavy atom. The number of ether oxygens (including phenoxy) is 4. The molecule has 3 aromatic carbocycles. The van der Waals surface area contributed by atoms with Gasteiger partial charge in [0, 0.05) is 46.8 Å². The standard InChI is InChI=1S/C48H60N6O16/c1-24-42(61)51-31(16-18-38(56)57)46(65)52(3)32(19-26-7-12-29(67-6)13-8-26)44(63)50-25(2)45(64)54(5)34-20-27-9-14-30(15-10-27)68-36-22-28(21-33(43(62)49-24)53(4)47(34)66)11-17-35(36)69-48-41(60)40(59)39(58)37(23-55)70-48/h7-15,17,22,24-25,31-34,37,39-41,48,55,58-60H,16,18-21,23H2,1-6H3,(H,49,62)(H,50,63)(H,51,61)(H,56,57). The van der Waals surface area contributed by atoms with Crippen molar-refractivity contribution in [1.82, 2.24) is 30.7 Å². The van der Waals surface area contributed by atoms with Crippen LogP contribution in [0.2, 0.25) is 0 Å². The largest absolute Gasteiger partial charge is 0.497 e. The monoisotopic (exact) mass is 976 g/mol. The fourth-order valence-corrected chi connectivity index (χ4v) is 8.41. The molecule has 22 heteroatoms. The molecule has 378 valence electrons. The summed E-state index contributed by atoms with van der Waals surface area (Å²) in [4.78, 5) is 102. The first-order chi connectivity index (χ1) is 33.2. The highest BCUT2D eigenvalue weighted by Crippen LogP contribution is 2.36. The van der Waals surface area contributed by atoms with Crippen LogP contribution in [0.25, 0.3) is 0 Å². The molecular formula is C48H60N6O16. The molecule has 11 unspecified atom stereocenters. The quantitative estimate of drug-likeness (QED) is 0.126. The average molecular weight is 977 g/mol. The maximum Gasteiger partial charge on any atom is 0.303 e. The van der Waals surface area contributed by atoms with Gasteiger partial charge in [-0.3, -0.25) is 33.6 Å². The Morgan fingerprint density at radius 2 is 1.34 bits per heavy atom. The second kappa shape index (κ2) is 22.7. The normalized spacial score (nSPS) is 28.4. The lowest BCUT2D eigenvalue weighted by molar-refractivity contribution is -0.277. The summed E-state index contributed by atoms with van der Waals surface area (Å²) in [5.41, 5.74) is 1.51. The van der Waals surface area contributed by atoms with Crippen LogP contribution in [0.15, 0.2) is 66.7 Å². The van der Waals surface area contributed by atoms with Gasteiger partial charge in [-0.2, -0.15) is 0 Å². The highest BCUT2D eigenvalue weighted by Gasteiger charge is 2.45. The summed E-state index contributed by atoms with van der Waals surface area (Å²) in [6.45, 7) is 2.04. The van der Waals surface area contributed by atoms with E-state index in [1.165, 1.54) is 65.2 Å². The fourth-order valence-electron chi connectivity index (χ4n) is 8.41. The first kappa shape index (κ1) is 52.5. The molecule has 2 fully saturated rings. The van der Waals surface area contributed by atoms with E-state index in [1.807, 2.05) is 0 Å². The molecule has 4 aliphatic rings. The predicted octanol–water partition coefficient (Wildman–Crippen LogP) is -1.14. The molecule has 70 heavy (non-hydrogen) atoms. The number of carbonyl (C=O) groups excluding carboxylic acids is 6. The number of carbonyl (C=O) groups is 7. The van der Waals surface area contributed by atoms with Crippen molar-refractivity contribution in [2.75, 3.05) is 34.9 Å². The molecule has 0 aliphatic carbocycles. The minimum atomic E-state index is -1.76. The number of nitrogens with zero attached hydrogens (tertiary/aromatic N) is 3. The number of benzene rings is 3. The molecule has 6 bridgehead atoms. The van der Waals surface area contributed by atoms with Crippen LogP contribution in [0.5, 0.6) is 23.0 Å². The van der Waals surface area contributed by atoms with Crippen LogP contribution in [0, 0.1) is 0 Å². The average Bonchev–Trinajstić information content (AvgIpc) is 3.34. The molecule has 7 rings (SSSR count). The van der Waals surface area contributed by atoms with Gasteiger partial charge < -0.3 is 75.1 Å². The number of hydrogen-bond acceptors (Lipinski definition) is 15. The Bertz CT molecular complexity index is 2400. The van der Waals surface area contributed by atoms with Crippen molar-refractivity contribution in [3.05, 3.63) is 83.4 Å². The highest BCUT2D eigenvalue weighted by atomic mass is 16.7. The van der Waals surface area contributed by atoms with Crippen molar-refractivity contribution in [3.63, 3.8) is 0 Å². The number of aliphatic hydroxyl groups is 4. The van der Waals surface area contributed by atoms with Crippen LogP contribution in [0.1, 0.15) is 43.4 Å². The Kier molecular flexibility index (Phi) is 17.0. The summed E-state index contributed by atoms with van der Waals surface area (Å²) in [5.74, 6) is -5.18. The second-order valence-electron chi connectivity index (χ2n) is 17.7. The first-order valence-electron chi connectivity index (χ1n) is 22.6. The smallest absolute Gasteiger partial charge is 0.303 e. The number of aliphatic hydroxyl groups excluding tert-OH is 4. The molecule has 0 aromatic heterocycles. The van der Waals surface area contributed by atoms with Crippen molar-refractivity contribution in [2.45, 2.75) is 113 Å². The van der Waals surface area contributed by atoms with Crippen LogP contribution in [0.3, 0.4) is 0 Å². The molecule has 6 amide bonds. The van der Waals surface area contributed by atoms with Gasteiger partial charge >= 0.3 is 5.97 Å². The number of carboxylic acid groups (broad SMARTS) is 1. The van der Waals surface area contributed by atoms with E-state index in [-0.39, 0.29) is 36.5 Å². The molecule has 0 saturated carbocycles. The van der Waals surface area contributed by atoms with Crippen LogP contribution in [-0.2, 0) is 57.6 Å². The summed E-state index contributed by atoms with van der Waals surface area (Å²) in [7, 11) is 5.55. The summed E-state index contributed by atoms with van der Waals surface area (Å²) in [6, 6.07) is 9.43. The van der Waals surface area contributed by atoms with Crippen molar-refractivity contribution in [3.8, 4) is 23.0 Å². The third kappa shape index (κ3) is 12.1. The van der Waals surface area contributed by atoms with Crippen LogP contribution in [-0.4, -0.2) is 183 Å². The summed E-state index contributed by atoms with van der Waals surface area (Å²) < 4.78 is 23.1. The van der Waals surface area contributed by atoms with E-state index in [4.69, 9.17) is 18.9 Å². The fraction of sp³-hybridized carbons (Fsp3) is 0.479. The van der Waals surface area contributed by atoms with E-state index in [2.05, 4.69) is 16.0 Å².